The Balaban J connectivity index is 0.00000120. The standard InChI is InChI=1S/C12H13N3OS.ClH/c13-12(4-1-5-12)11(16)15-8-2-3-9-10(6-8)17-7-14-9;/h2-3,6-7H,1,4-5,13H2,(H,15,16);1H. The third-order valence-corrected chi connectivity index (χ3v) is 4.08. The van der Waals surface area contributed by atoms with E-state index in [-0.39, 0.29) is 18.3 Å². The van der Waals surface area contributed by atoms with Crippen molar-refractivity contribution in [3.05, 3.63) is 23.7 Å². The number of anilines is 1. The van der Waals surface area contributed by atoms with Crippen LogP contribution >= 0.6 is 23.7 Å². The first kappa shape index (κ1) is 13.3. The Morgan fingerprint density at radius 1 is 1.44 bits per heavy atom. The molecule has 1 aliphatic carbocycles. The van der Waals surface area contributed by atoms with Crippen LogP contribution < -0.4 is 11.1 Å². The third kappa shape index (κ3) is 2.21. The van der Waals surface area contributed by atoms with Crippen LogP contribution in [0.25, 0.3) is 10.2 Å². The highest BCUT2D eigenvalue weighted by atomic mass is 35.5. The minimum absolute atomic E-state index is 0. The second-order valence-corrected chi connectivity index (χ2v) is 5.39. The number of halogens is 1. The lowest BCUT2D eigenvalue weighted by Crippen LogP contribution is -2.56. The van der Waals surface area contributed by atoms with Gasteiger partial charge in [-0.25, -0.2) is 4.98 Å². The Kier molecular flexibility index (Phi) is 3.56. The van der Waals surface area contributed by atoms with Gasteiger partial charge in [-0.1, -0.05) is 0 Å². The zero-order chi connectivity index (χ0) is 11.9. The van der Waals surface area contributed by atoms with E-state index in [0.717, 1.165) is 35.2 Å². The number of amides is 1. The summed E-state index contributed by atoms with van der Waals surface area (Å²) in [5.41, 5.74) is 8.87. The lowest BCUT2D eigenvalue weighted by Gasteiger charge is -2.36. The lowest BCUT2D eigenvalue weighted by molar-refractivity contribution is -0.123. The summed E-state index contributed by atoms with van der Waals surface area (Å²) in [6, 6.07) is 5.71. The first-order chi connectivity index (χ1) is 8.17. The molecule has 0 aliphatic heterocycles. The van der Waals surface area contributed by atoms with Crippen molar-refractivity contribution in [1.82, 2.24) is 4.98 Å². The summed E-state index contributed by atoms with van der Waals surface area (Å²) in [6.45, 7) is 0. The molecule has 0 radical (unpaired) electrons. The first-order valence-corrected chi connectivity index (χ1v) is 6.49. The number of thiazole rings is 1. The molecule has 1 fully saturated rings. The topological polar surface area (TPSA) is 68.0 Å². The van der Waals surface area contributed by atoms with Crippen LogP contribution in [0.5, 0.6) is 0 Å². The average Bonchev–Trinajstić information content (AvgIpc) is 2.73. The fourth-order valence-electron chi connectivity index (χ4n) is 1.97. The molecule has 0 saturated heterocycles. The van der Waals surface area contributed by atoms with E-state index in [4.69, 9.17) is 5.73 Å². The molecule has 6 heteroatoms. The highest BCUT2D eigenvalue weighted by molar-refractivity contribution is 7.16. The van der Waals surface area contributed by atoms with Crippen molar-refractivity contribution in [1.29, 1.82) is 0 Å². The van der Waals surface area contributed by atoms with Crippen LogP contribution in [-0.2, 0) is 4.79 Å². The van der Waals surface area contributed by atoms with Crippen molar-refractivity contribution in [2.24, 2.45) is 5.73 Å². The summed E-state index contributed by atoms with van der Waals surface area (Å²) >= 11 is 1.56. The Morgan fingerprint density at radius 2 is 2.22 bits per heavy atom. The van der Waals surface area contributed by atoms with E-state index in [1.807, 2.05) is 18.2 Å². The van der Waals surface area contributed by atoms with E-state index in [1.165, 1.54) is 0 Å². The van der Waals surface area contributed by atoms with E-state index in [2.05, 4.69) is 10.3 Å². The van der Waals surface area contributed by atoms with Crippen LogP contribution in [0.15, 0.2) is 23.7 Å². The van der Waals surface area contributed by atoms with E-state index in [0.29, 0.717) is 0 Å². The van der Waals surface area contributed by atoms with E-state index in [9.17, 15) is 4.79 Å². The number of nitrogens with zero attached hydrogens (tertiary/aromatic N) is 1. The van der Waals surface area contributed by atoms with Crippen molar-refractivity contribution >= 4 is 45.6 Å². The SMILES string of the molecule is Cl.NC1(C(=O)Nc2ccc3ncsc3c2)CCC1. The molecular formula is C12H14ClN3OS. The number of carbonyl (C=O) groups is 1. The summed E-state index contributed by atoms with van der Waals surface area (Å²) in [5, 5.41) is 2.88. The zero-order valence-electron chi connectivity index (χ0n) is 9.68. The molecular weight excluding hydrogens is 270 g/mol. The molecule has 1 aromatic carbocycles. The summed E-state index contributed by atoms with van der Waals surface area (Å²) in [6.07, 6.45) is 2.60. The van der Waals surface area contributed by atoms with Gasteiger partial charge >= 0.3 is 0 Å². The number of nitrogens with one attached hydrogen (secondary N) is 1. The van der Waals surface area contributed by atoms with Gasteiger partial charge in [-0.15, -0.1) is 23.7 Å². The first-order valence-electron chi connectivity index (χ1n) is 5.61. The van der Waals surface area contributed by atoms with E-state index in [1.54, 1.807) is 16.8 Å². The van der Waals surface area contributed by atoms with Gasteiger partial charge in [0.05, 0.1) is 21.3 Å². The van der Waals surface area contributed by atoms with Gasteiger partial charge in [0.25, 0.3) is 0 Å². The lowest BCUT2D eigenvalue weighted by atomic mass is 9.77. The maximum atomic E-state index is 11.9. The van der Waals surface area contributed by atoms with Crippen molar-refractivity contribution in [2.75, 3.05) is 5.32 Å². The van der Waals surface area contributed by atoms with Crippen molar-refractivity contribution in [3.8, 4) is 0 Å². The molecule has 0 unspecified atom stereocenters. The fourth-order valence-corrected chi connectivity index (χ4v) is 2.69. The Labute approximate surface area is 115 Å². The van der Waals surface area contributed by atoms with E-state index < -0.39 is 5.54 Å². The minimum Gasteiger partial charge on any atom is -0.324 e. The average molecular weight is 284 g/mol. The maximum Gasteiger partial charge on any atom is 0.244 e. The summed E-state index contributed by atoms with van der Waals surface area (Å²) < 4.78 is 1.07. The minimum atomic E-state index is -0.650. The van der Waals surface area contributed by atoms with Crippen LogP contribution in [0.2, 0.25) is 0 Å². The van der Waals surface area contributed by atoms with Gasteiger partial charge in [-0.3, -0.25) is 4.79 Å². The van der Waals surface area contributed by atoms with Crippen LogP contribution in [0.4, 0.5) is 5.69 Å². The smallest absolute Gasteiger partial charge is 0.244 e. The number of fused-ring (bicyclic) bond motifs is 1. The molecule has 1 aromatic heterocycles. The summed E-state index contributed by atoms with van der Waals surface area (Å²) in [5.74, 6) is -0.0763. The molecule has 1 heterocycles. The Hall–Kier alpha value is -1.17. The van der Waals surface area contributed by atoms with Crippen molar-refractivity contribution in [2.45, 2.75) is 24.8 Å². The van der Waals surface area contributed by atoms with Crippen molar-refractivity contribution < 1.29 is 4.79 Å². The molecule has 1 saturated carbocycles. The van der Waals surface area contributed by atoms with Crippen LogP contribution in [0, 0.1) is 0 Å². The monoisotopic (exact) mass is 283 g/mol. The van der Waals surface area contributed by atoms with Gasteiger partial charge in [-0.05, 0) is 37.5 Å². The fraction of sp³-hybridized carbons (Fsp3) is 0.333. The molecule has 1 aliphatic rings. The van der Waals surface area contributed by atoms with Crippen LogP contribution in [0.3, 0.4) is 0 Å². The number of benzene rings is 1. The normalized spacial score (nSPS) is 16.7. The van der Waals surface area contributed by atoms with E-state index >= 15 is 0 Å². The predicted octanol–water partition coefficient (Wildman–Crippen LogP) is 2.54. The van der Waals surface area contributed by atoms with Gasteiger partial charge in [0.15, 0.2) is 0 Å². The number of aromatic nitrogens is 1. The molecule has 3 rings (SSSR count). The summed E-state index contributed by atoms with van der Waals surface area (Å²) in [4.78, 5) is 16.1. The molecule has 3 N–H and O–H groups in total. The number of hydrogen-bond donors (Lipinski definition) is 2. The van der Waals surface area contributed by atoms with Gasteiger partial charge in [0.1, 0.15) is 0 Å². The predicted molar refractivity (Wildman–Crippen MR) is 76.3 cm³/mol. The number of carbonyl (C=O) groups excluding carboxylic acids is 1. The third-order valence-electron chi connectivity index (χ3n) is 3.29. The Morgan fingerprint density at radius 3 is 2.89 bits per heavy atom. The van der Waals surface area contributed by atoms with Gasteiger partial charge in [0, 0.05) is 5.69 Å². The zero-order valence-corrected chi connectivity index (χ0v) is 11.3. The van der Waals surface area contributed by atoms with Crippen molar-refractivity contribution in [3.63, 3.8) is 0 Å². The Bertz CT molecular complexity index is 579. The molecule has 18 heavy (non-hydrogen) atoms. The maximum absolute atomic E-state index is 11.9. The molecule has 4 nitrogen and oxygen atoms in total. The largest absolute Gasteiger partial charge is 0.324 e. The molecule has 0 atom stereocenters. The highest BCUT2D eigenvalue weighted by Gasteiger charge is 2.40. The second kappa shape index (κ2) is 4.84. The molecule has 96 valence electrons. The number of hydrogen-bond acceptors (Lipinski definition) is 4. The number of rotatable bonds is 2. The van der Waals surface area contributed by atoms with Crippen LogP contribution in [0.1, 0.15) is 19.3 Å². The van der Waals surface area contributed by atoms with Crippen LogP contribution in [-0.4, -0.2) is 16.4 Å². The molecule has 0 spiro atoms. The highest BCUT2D eigenvalue weighted by Crippen LogP contribution is 2.30. The quantitative estimate of drug-likeness (QED) is 0.890. The molecule has 1 amide bonds. The second-order valence-electron chi connectivity index (χ2n) is 4.50. The molecule has 0 bridgehead atoms. The molecule has 2 aromatic rings. The van der Waals surface area contributed by atoms with Gasteiger partial charge < -0.3 is 11.1 Å². The van der Waals surface area contributed by atoms with Gasteiger partial charge in [-0.2, -0.15) is 0 Å². The summed E-state index contributed by atoms with van der Waals surface area (Å²) in [7, 11) is 0. The van der Waals surface area contributed by atoms with Gasteiger partial charge in [0.2, 0.25) is 5.91 Å². The number of nitrogens with two attached hydrogens (primary N) is 1.